The van der Waals surface area contributed by atoms with Gasteiger partial charge in [0.1, 0.15) is 61.0 Å². The Hall–Kier alpha value is -1.88. The molecule has 0 bridgehead atoms. The summed E-state index contributed by atoms with van der Waals surface area (Å²) in [4.78, 5) is 27.5. The zero-order chi connectivity index (χ0) is 48.3. The Morgan fingerprint density at radius 1 is 0.712 bits per heavy atom. The summed E-state index contributed by atoms with van der Waals surface area (Å²) in [5.74, 6) is -1.18. The zero-order valence-corrected chi connectivity index (χ0v) is 39.7. The van der Waals surface area contributed by atoms with E-state index in [1.165, 1.54) is 5.57 Å². The summed E-state index contributed by atoms with van der Waals surface area (Å²) in [6.07, 6.45) is -12.8. The lowest BCUT2D eigenvalue weighted by molar-refractivity contribution is -0.366. The first-order chi connectivity index (χ1) is 30.8. The number of hydrogen-bond donors (Lipinski definition) is 9. The third kappa shape index (κ3) is 7.83. The molecule has 8 aliphatic rings. The van der Waals surface area contributed by atoms with E-state index in [4.69, 9.17) is 33.2 Å². The second-order valence-electron chi connectivity index (χ2n) is 23.2. The number of allylic oxidation sites excluding steroid dienone is 2. The molecule has 18 heteroatoms. The molecule has 0 radical (unpaired) electrons. The van der Waals surface area contributed by atoms with E-state index in [0.29, 0.717) is 19.3 Å². The summed E-state index contributed by atoms with van der Waals surface area (Å²) >= 11 is 0. The molecule has 8 rings (SSSR count). The molecule has 7 fully saturated rings. The largest absolute Gasteiger partial charge is 0.467 e. The topological polar surface area (TPSA) is 281 Å². The molecule has 22 atom stereocenters. The Balaban J connectivity index is 1.05. The predicted molar refractivity (Wildman–Crippen MR) is 229 cm³/mol. The Bertz CT molecular complexity index is 1840. The average Bonchev–Trinajstić information content (AvgIpc) is 3.26. The molecule has 66 heavy (non-hydrogen) atoms. The summed E-state index contributed by atoms with van der Waals surface area (Å²) in [6, 6.07) is 0. The van der Waals surface area contributed by atoms with Crippen LogP contribution in [0.2, 0.25) is 0 Å². The maximum absolute atomic E-state index is 14.7. The van der Waals surface area contributed by atoms with Gasteiger partial charge in [-0.3, -0.25) is 4.79 Å². The Morgan fingerprint density at radius 3 is 2.08 bits per heavy atom. The smallest absolute Gasteiger partial charge is 0.337 e. The van der Waals surface area contributed by atoms with E-state index in [-0.39, 0.29) is 46.0 Å². The Kier molecular flexibility index (Phi) is 13.6. The van der Waals surface area contributed by atoms with E-state index in [9.17, 15) is 55.5 Å². The Morgan fingerprint density at radius 2 is 1.39 bits per heavy atom. The molecular formula is C48H76O18. The molecule has 0 aromatic rings. The molecule has 4 saturated carbocycles. The monoisotopic (exact) mass is 941 g/mol. The van der Waals surface area contributed by atoms with E-state index in [0.717, 1.165) is 52.1 Å². The Labute approximate surface area is 386 Å². The van der Waals surface area contributed by atoms with Crippen molar-refractivity contribution >= 4 is 11.9 Å². The standard InChI is InChI=1S/C48H76O18/c1-43(2)15-17-48(42(59)66-40-35(57)31(53)30(52)25(20-49)62-40)18-16-46(6)22(23(48)19-43)9-10-27-45(5)13-12-28(44(3,4)26(45)11-14-47(27,46)7)63-41-37(33(55)32(54)36(64-41)38(58)60-8)65-39-34(56)29(51)24(50)21-61-39/h9,23-37,39-41,49-57H,10-21H2,1-8H3/t23-,24+,25+,26-,27+,28-,29-,30+,31-,32-,33-,34+,35+,36-,37+,39-,40-,41+,45-,46+,47+,48-/m0/s1. The highest BCUT2D eigenvalue weighted by Gasteiger charge is 2.70. The number of hydrogen-bond acceptors (Lipinski definition) is 18. The molecule has 3 aliphatic heterocycles. The van der Waals surface area contributed by atoms with E-state index >= 15 is 0 Å². The van der Waals surface area contributed by atoms with Crippen LogP contribution in [0.4, 0.5) is 0 Å². The number of aliphatic hydroxyl groups is 9. The van der Waals surface area contributed by atoms with Gasteiger partial charge in [-0.05, 0) is 109 Å². The summed E-state index contributed by atoms with van der Waals surface area (Å²) in [5, 5.41) is 95.2. The molecule has 9 N–H and O–H groups in total. The normalized spacial score (nSPS) is 52.0. The van der Waals surface area contributed by atoms with Gasteiger partial charge in [-0.25, -0.2) is 4.79 Å². The second-order valence-corrected chi connectivity index (χ2v) is 23.2. The van der Waals surface area contributed by atoms with E-state index < -0.39 is 121 Å². The molecule has 18 nitrogen and oxygen atoms in total. The summed E-state index contributed by atoms with van der Waals surface area (Å²) < 4.78 is 40.9. The lowest BCUT2D eigenvalue weighted by Crippen LogP contribution is -2.67. The van der Waals surface area contributed by atoms with Gasteiger partial charge in [0.25, 0.3) is 0 Å². The number of aliphatic hydroxyl groups excluding tert-OH is 9. The van der Waals surface area contributed by atoms with Crippen LogP contribution in [-0.4, -0.2) is 170 Å². The number of carbonyl (C=O) groups excluding carboxylic acids is 2. The fraction of sp³-hybridized carbons (Fsp3) is 0.917. The van der Waals surface area contributed by atoms with E-state index in [2.05, 4.69) is 54.5 Å². The van der Waals surface area contributed by atoms with Gasteiger partial charge in [0.2, 0.25) is 6.29 Å². The molecule has 3 heterocycles. The van der Waals surface area contributed by atoms with Crippen LogP contribution >= 0.6 is 0 Å². The van der Waals surface area contributed by atoms with Gasteiger partial charge in [0, 0.05) is 0 Å². The average molecular weight is 941 g/mol. The van der Waals surface area contributed by atoms with Crippen LogP contribution in [0.25, 0.3) is 0 Å². The fourth-order valence-electron chi connectivity index (χ4n) is 14.8. The maximum atomic E-state index is 14.7. The van der Waals surface area contributed by atoms with Crippen molar-refractivity contribution < 1.29 is 88.7 Å². The number of esters is 2. The number of rotatable bonds is 8. The van der Waals surface area contributed by atoms with Gasteiger partial charge in [-0.1, -0.05) is 60.1 Å². The van der Waals surface area contributed by atoms with Gasteiger partial charge >= 0.3 is 11.9 Å². The first-order valence-electron chi connectivity index (χ1n) is 24.1. The van der Waals surface area contributed by atoms with Crippen molar-refractivity contribution in [3.8, 4) is 0 Å². The fourth-order valence-corrected chi connectivity index (χ4v) is 14.8. The van der Waals surface area contributed by atoms with Crippen molar-refractivity contribution in [2.75, 3.05) is 20.3 Å². The quantitative estimate of drug-likeness (QED) is 0.0931. The molecule has 0 spiro atoms. The van der Waals surface area contributed by atoms with E-state index in [1.807, 2.05) is 0 Å². The van der Waals surface area contributed by atoms with Crippen LogP contribution in [0.3, 0.4) is 0 Å². The first kappa shape index (κ1) is 50.5. The minimum Gasteiger partial charge on any atom is -0.467 e. The van der Waals surface area contributed by atoms with Gasteiger partial charge < -0.3 is 79.1 Å². The molecule has 0 aromatic heterocycles. The minimum absolute atomic E-state index is 0.0649. The highest BCUT2D eigenvalue weighted by molar-refractivity contribution is 5.79. The summed E-state index contributed by atoms with van der Waals surface area (Å²) in [5.41, 5.74) is -0.803. The third-order valence-electron chi connectivity index (χ3n) is 19.1. The maximum Gasteiger partial charge on any atom is 0.337 e. The number of fused-ring (bicyclic) bond motifs is 7. The van der Waals surface area contributed by atoms with Crippen LogP contribution in [0.1, 0.15) is 113 Å². The van der Waals surface area contributed by atoms with Crippen molar-refractivity contribution in [1.29, 1.82) is 0 Å². The van der Waals surface area contributed by atoms with Crippen molar-refractivity contribution in [2.45, 2.75) is 205 Å². The minimum atomic E-state index is -1.79. The van der Waals surface area contributed by atoms with Crippen molar-refractivity contribution in [1.82, 2.24) is 0 Å². The van der Waals surface area contributed by atoms with Crippen molar-refractivity contribution in [3.05, 3.63) is 11.6 Å². The van der Waals surface area contributed by atoms with Crippen LogP contribution in [0.15, 0.2) is 11.6 Å². The number of methoxy groups -OCH3 is 1. The number of carbonyl (C=O) groups is 2. The van der Waals surface area contributed by atoms with Gasteiger partial charge in [-0.15, -0.1) is 0 Å². The highest BCUT2D eigenvalue weighted by atomic mass is 16.8. The SMILES string of the molecule is COC(=O)[C@H]1O[C@@H](O[C@H]2CC[C@]3(C)[C@H]4CC=C5[C@@H]6CC(C)(C)CC[C@]6(C(=O)O[C@@H]6O[C@H](CO)[C@@H](O)[C@H](O)[C@H]6O)CC[C@@]5(C)[C@]4(C)CC[C@H]3C2(C)C)[C@H](O[C@@H]2OC[C@@H](O)[C@H](O)[C@H]2O)[C@@H](O)[C@@H]1O. The second kappa shape index (κ2) is 17.8. The highest BCUT2D eigenvalue weighted by Crippen LogP contribution is 2.76. The lowest BCUT2D eigenvalue weighted by Gasteiger charge is -2.71. The lowest BCUT2D eigenvalue weighted by atomic mass is 9.33. The van der Waals surface area contributed by atoms with Gasteiger partial charge in [0.05, 0.1) is 31.8 Å². The molecule has 3 saturated heterocycles. The van der Waals surface area contributed by atoms with Crippen molar-refractivity contribution in [3.63, 3.8) is 0 Å². The summed E-state index contributed by atoms with van der Waals surface area (Å²) in [6.45, 7) is 15.0. The van der Waals surface area contributed by atoms with Gasteiger partial charge in [0.15, 0.2) is 18.7 Å². The van der Waals surface area contributed by atoms with Crippen LogP contribution in [0.5, 0.6) is 0 Å². The zero-order valence-electron chi connectivity index (χ0n) is 39.7. The summed E-state index contributed by atoms with van der Waals surface area (Å²) in [7, 11) is 1.13. The van der Waals surface area contributed by atoms with Crippen molar-refractivity contribution in [2.24, 2.45) is 50.2 Å². The van der Waals surface area contributed by atoms with Crippen LogP contribution < -0.4 is 0 Å². The third-order valence-corrected chi connectivity index (χ3v) is 19.1. The molecule has 0 aromatic carbocycles. The van der Waals surface area contributed by atoms with E-state index in [1.54, 1.807) is 0 Å². The van der Waals surface area contributed by atoms with Gasteiger partial charge in [-0.2, -0.15) is 0 Å². The molecule has 0 unspecified atom stereocenters. The molecular weight excluding hydrogens is 865 g/mol. The molecule has 5 aliphatic carbocycles. The van der Waals surface area contributed by atoms with Crippen LogP contribution in [0, 0.1) is 50.2 Å². The molecule has 0 amide bonds. The predicted octanol–water partition coefficient (Wildman–Crippen LogP) is 0.960. The first-order valence-corrected chi connectivity index (χ1v) is 24.1. The van der Waals surface area contributed by atoms with Crippen LogP contribution in [-0.2, 0) is 42.7 Å². The number of ether oxygens (including phenoxy) is 7. The molecule has 376 valence electrons.